The van der Waals surface area contributed by atoms with Crippen LogP contribution in [0, 0.1) is 11.8 Å². The van der Waals surface area contributed by atoms with Gasteiger partial charge < -0.3 is 9.80 Å². The minimum absolute atomic E-state index is 0.654. The zero-order chi connectivity index (χ0) is 16.7. The number of allylic oxidation sites excluding steroid dienone is 8. The minimum atomic E-state index is 0.654. The van der Waals surface area contributed by atoms with Crippen molar-refractivity contribution in [3.8, 4) is 0 Å². The average Bonchev–Trinajstić information content (AvgIpc) is 2.85. The van der Waals surface area contributed by atoms with Gasteiger partial charge in [-0.3, -0.25) is 0 Å². The van der Waals surface area contributed by atoms with Gasteiger partial charge in [0, 0.05) is 36.3 Å². The maximum Gasteiger partial charge on any atom is 0.0899 e. The molecule has 2 aliphatic carbocycles. The summed E-state index contributed by atoms with van der Waals surface area (Å²) < 4.78 is 0. The van der Waals surface area contributed by atoms with E-state index in [0.29, 0.717) is 11.8 Å². The summed E-state index contributed by atoms with van der Waals surface area (Å²) in [4.78, 5) is 5.25. The topological polar surface area (TPSA) is 6.48 Å². The summed E-state index contributed by atoms with van der Waals surface area (Å²) >= 11 is 0. The van der Waals surface area contributed by atoms with Crippen molar-refractivity contribution in [3.63, 3.8) is 0 Å². The second-order valence-corrected chi connectivity index (χ2v) is 8.00. The van der Waals surface area contributed by atoms with Crippen molar-refractivity contribution >= 4 is 0 Å². The van der Waals surface area contributed by atoms with Crippen LogP contribution in [0.25, 0.3) is 0 Å². The molecule has 0 spiro atoms. The Kier molecular flexibility index (Phi) is 4.44. The van der Waals surface area contributed by atoms with Crippen LogP contribution in [-0.2, 0) is 0 Å². The smallest absolute Gasteiger partial charge is 0.0899 e. The van der Waals surface area contributed by atoms with Crippen LogP contribution in [0.5, 0.6) is 0 Å². The van der Waals surface area contributed by atoms with Gasteiger partial charge >= 0.3 is 0 Å². The highest BCUT2D eigenvalue weighted by molar-refractivity contribution is 5.35. The summed E-state index contributed by atoms with van der Waals surface area (Å²) in [6.45, 7) is 17.3. The van der Waals surface area contributed by atoms with E-state index >= 15 is 0 Å². The highest BCUT2D eigenvalue weighted by Crippen LogP contribution is 2.36. The lowest BCUT2D eigenvalue weighted by molar-refractivity contribution is 0.279. The van der Waals surface area contributed by atoms with Crippen LogP contribution in [0.15, 0.2) is 45.8 Å². The maximum atomic E-state index is 2.63. The molecule has 0 N–H and O–H groups in total. The first-order valence-corrected chi connectivity index (χ1v) is 9.12. The second kappa shape index (κ2) is 6.22. The van der Waals surface area contributed by atoms with E-state index < -0.39 is 0 Å². The molecular weight excluding hydrogens is 280 g/mol. The van der Waals surface area contributed by atoms with Gasteiger partial charge in [0.25, 0.3) is 0 Å². The van der Waals surface area contributed by atoms with E-state index in [1.54, 1.807) is 11.4 Å². The van der Waals surface area contributed by atoms with Gasteiger partial charge in [-0.15, -0.1) is 0 Å². The van der Waals surface area contributed by atoms with Crippen molar-refractivity contribution < 1.29 is 0 Å². The van der Waals surface area contributed by atoms with Crippen molar-refractivity contribution in [1.82, 2.24) is 9.80 Å². The van der Waals surface area contributed by atoms with Gasteiger partial charge in [-0.1, -0.05) is 37.1 Å². The predicted molar refractivity (Wildman–Crippen MR) is 98.8 cm³/mol. The normalized spacial score (nSPS) is 29.3. The molecule has 3 aliphatic rings. The highest BCUT2D eigenvalue weighted by Gasteiger charge is 2.31. The van der Waals surface area contributed by atoms with Crippen LogP contribution >= 0.6 is 0 Å². The van der Waals surface area contributed by atoms with Crippen LogP contribution in [-0.4, -0.2) is 29.6 Å². The summed E-state index contributed by atoms with van der Waals surface area (Å²) in [5, 5.41) is 0. The molecule has 0 saturated carbocycles. The van der Waals surface area contributed by atoms with E-state index in [1.165, 1.54) is 35.1 Å². The molecule has 23 heavy (non-hydrogen) atoms. The molecule has 1 aliphatic heterocycles. The molecular formula is C21H32N2. The fourth-order valence-corrected chi connectivity index (χ4v) is 5.05. The lowest BCUT2D eigenvalue weighted by atomic mass is 9.88. The fourth-order valence-electron chi connectivity index (χ4n) is 5.05. The first-order chi connectivity index (χ1) is 10.9. The third kappa shape index (κ3) is 3.13. The molecule has 2 heteroatoms. The summed E-state index contributed by atoms with van der Waals surface area (Å²) in [5.74, 6) is 1.31. The summed E-state index contributed by atoms with van der Waals surface area (Å²) in [7, 11) is 0. The molecule has 1 fully saturated rings. The van der Waals surface area contributed by atoms with E-state index in [0.717, 1.165) is 19.8 Å². The molecule has 0 unspecified atom stereocenters. The van der Waals surface area contributed by atoms with Crippen LogP contribution < -0.4 is 0 Å². The Hall–Kier alpha value is -1.44. The Labute approximate surface area is 142 Å². The second-order valence-electron chi connectivity index (χ2n) is 8.00. The minimum Gasteiger partial charge on any atom is -0.355 e. The predicted octanol–water partition coefficient (Wildman–Crippen LogP) is 5.08. The van der Waals surface area contributed by atoms with Gasteiger partial charge in [-0.05, 0) is 51.7 Å². The van der Waals surface area contributed by atoms with Crippen molar-refractivity contribution in [2.45, 2.75) is 54.4 Å². The van der Waals surface area contributed by atoms with E-state index in [9.17, 15) is 0 Å². The Morgan fingerprint density at radius 1 is 0.739 bits per heavy atom. The molecule has 1 heterocycles. The average molecular weight is 313 g/mol. The maximum absolute atomic E-state index is 2.63. The largest absolute Gasteiger partial charge is 0.355 e. The summed E-state index contributed by atoms with van der Waals surface area (Å²) in [6.07, 6.45) is 7.20. The summed E-state index contributed by atoms with van der Waals surface area (Å²) in [5.41, 5.74) is 9.14. The lowest BCUT2D eigenvalue weighted by Crippen LogP contribution is -2.31. The third-order valence-corrected chi connectivity index (χ3v) is 5.59. The Balaban J connectivity index is 1.82. The summed E-state index contributed by atoms with van der Waals surface area (Å²) in [6, 6.07) is 0. The van der Waals surface area contributed by atoms with Gasteiger partial charge in [-0.2, -0.15) is 0 Å². The van der Waals surface area contributed by atoms with Crippen molar-refractivity contribution in [3.05, 3.63) is 45.8 Å². The Morgan fingerprint density at radius 3 is 1.48 bits per heavy atom. The van der Waals surface area contributed by atoms with E-state index in [2.05, 4.69) is 63.5 Å². The van der Waals surface area contributed by atoms with Crippen molar-refractivity contribution in [2.24, 2.45) is 11.8 Å². The molecule has 2 nitrogen and oxygen atoms in total. The SMILES string of the molecule is CC1=CC(C)=C(N2CCN(C3=C(C)C=C(C)C[C@@H]3C)C2)[C@@H](C)C1. The zero-order valence-electron chi connectivity index (χ0n) is 15.7. The van der Waals surface area contributed by atoms with Gasteiger partial charge in [0.2, 0.25) is 0 Å². The monoisotopic (exact) mass is 312 g/mol. The van der Waals surface area contributed by atoms with Gasteiger partial charge in [0.05, 0.1) is 6.67 Å². The van der Waals surface area contributed by atoms with Gasteiger partial charge in [0.15, 0.2) is 0 Å². The zero-order valence-corrected chi connectivity index (χ0v) is 15.7. The van der Waals surface area contributed by atoms with Crippen LogP contribution in [0.2, 0.25) is 0 Å². The molecule has 0 bridgehead atoms. The lowest BCUT2D eigenvalue weighted by Gasteiger charge is -2.34. The third-order valence-electron chi connectivity index (χ3n) is 5.59. The quantitative estimate of drug-likeness (QED) is 0.701. The van der Waals surface area contributed by atoms with E-state index in [4.69, 9.17) is 0 Å². The van der Waals surface area contributed by atoms with Crippen LogP contribution in [0.4, 0.5) is 0 Å². The Morgan fingerprint density at radius 2 is 1.13 bits per heavy atom. The molecule has 126 valence electrons. The van der Waals surface area contributed by atoms with Crippen LogP contribution in [0.1, 0.15) is 54.4 Å². The number of nitrogens with zero attached hydrogens (tertiary/aromatic N) is 2. The number of rotatable bonds is 2. The molecule has 2 atom stereocenters. The molecule has 0 aromatic carbocycles. The first kappa shape index (κ1) is 16.4. The fraction of sp³-hybridized carbons (Fsp3) is 0.619. The van der Waals surface area contributed by atoms with E-state index in [-0.39, 0.29) is 0 Å². The molecule has 0 aromatic rings. The molecule has 0 amide bonds. The highest BCUT2D eigenvalue weighted by atomic mass is 15.4. The molecule has 1 saturated heterocycles. The molecule has 0 radical (unpaired) electrons. The van der Waals surface area contributed by atoms with E-state index in [1.807, 2.05) is 0 Å². The van der Waals surface area contributed by atoms with Gasteiger partial charge in [0.1, 0.15) is 0 Å². The number of hydrogen-bond acceptors (Lipinski definition) is 2. The van der Waals surface area contributed by atoms with Crippen molar-refractivity contribution in [1.29, 1.82) is 0 Å². The Bertz CT molecular complexity index is 564. The van der Waals surface area contributed by atoms with Crippen LogP contribution in [0.3, 0.4) is 0 Å². The first-order valence-electron chi connectivity index (χ1n) is 9.12. The van der Waals surface area contributed by atoms with Crippen molar-refractivity contribution in [2.75, 3.05) is 19.8 Å². The standard InChI is InChI=1S/C21H32N2/c1-14-9-16(3)20(17(4)10-14)22-7-8-23(13-22)21-18(5)11-15(2)12-19(21)6/h9,11,17,19H,7-8,10,12-13H2,1-6H3/t17-,19-/m0/s1. The molecule has 0 aromatic heterocycles. The van der Waals surface area contributed by atoms with Gasteiger partial charge in [-0.25, -0.2) is 0 Å². The number of hydrogen-bond donors (Lipinski definition) is 0. The molecule has 3 rings (SSSR count).